The minimum Gasteiger partial charge on any atom is -0.465 e. The van der Waals surface area contributed by atoms with Gasteiger partial charge in [0.05, 0.1) is 18.3 Å². The van der Waals surface area contributed by atoms with Crippen molar-refractivity contribution in [3.05, 3.63) is 51.1 Å². The van der Waals surface area contributed by atoms with E-state index in [0.717, 1.165) is 16.5 Å². The van der Waals surface area contributed by atoms with E-state index in [4.69, 9.17) is 4.74 Å². The van der Waals surface area contributed by atoms with Gasteiger partial charge in [-0.15, -0.1) is 0 Å². The van der Waals surface area contributed by atoms with Crippen LogP contribution in [0.5, 0.6) is 0 Å². The Balaban J connectivity index is 2.55. The first-order valence-corrected chi connectivity index (χ1v) is 7.88. The number of esters is 1. The van der Waals surface area contributed by atoms with Crippen molar-refractivity contribution in [3.8, 4) is 0 Å². The number of amides is 1. The van der Waals surface area contributed by atoms with Gasteiger partial charge in [-0.25, -0.2) is 4.79 Å². The quantitative estimate of drug-likeness (QED) is 0.607. The minimum absolute atomic E-state index is 0.157. The number of halogens is 1. The van der Waals surface area contributed by atoms with Crippen LogP contribution in [0.25, 0.3) is 6.08 Å². The van der Waals surface area contributed by atoms with Gasteiger partial charge in [0.25, 0.3) is 5.91 Å². The molecule has 1 aromatic rings. The van der Waals surface area contributed by atoms with E-state index in [1.807, 2.05) is 31.2 Å². The summed E-state index contributed by atoms with van der Waals surface area (Å²) in [6.45, 7) is 4.35. The number of hydrogen-bond donors (Lipinski definition) is 0. The third-order valence-corrected chi connectivity index (χ3v) is 4.28. The van der Waals surface area contributed by atoms with Crippen molar-refractivity contribution in [2.24, 2.45) is 0 Å². The largest absolute Gasteiger partial charge is 0.465 e. The second-order valence-corrected chi connectivity index (χ2v) is 5.84. The van der Waals surface area contributed by atoms with Crippen molar-refractivity contribution in [2.45, 2.75) is 20.3 Å². The molecule has 1 aliphatic heterocycles. The lowest BCUT2D eigenvalue weighted by molar-refractivity contribution is -0.136. The maximum atomic E-state index is 12.6. The van der Waals surface area contributed by atoms with Crippen LogP contribution in [0.1, 0.15) is 25.8 Å². The number of rotatable bonds is 4. The van der Waals surface area contributed by atoms with Crippen LogP contribution in [0.15, 0.2) is 45.6 Å². The number of hydrogen-bond acceptors (Lipinski definition) is 3. The summed E-state index contributed by atoms with van der Waals surface area (Å²) in [7, 11) is 1.33. The molecular formula is C17H18BrNO3. The van der Waals surface area contributed by atoms with Gasteiger partial charge in [0.15, 0.2) is 0 Å². The molecule has 0 atom stereocenters. The summed E-state index contributed by atoms with van der Waals surface area (Å²) in [4.78, 5) is 26.4. The van der Waals surface area contributed by atoms with Crippen LogP contribution in [-0.4, -0.2) is 30.4 Å². The highest BCUT2D eigenvalue weighted by Gasteiger charge is 2.36. The predicted octanol–water partition coefficient (Wildman–Crippen LogP) is 3.53. The van der Waals surface area contributed by atoms with Gasteiger partial charge in [-0.05, 0) is 31.1 Å². The highest BCUT2D eigenvalue weighted by Crippen LogP contribution is 2.32. The SMILES string of the molecule is CCCN1C(=O)/C(=C\c2ccccc2Br)C(C(=O)OC)=C1C. The molecule has 0 aromatic heterocycles. The fraction of sp³-hybridized carbons (Fsp3) is 0.294. The molecule has 0 aliphatic carbocycles. The fourth-order valence-electron chi connectivity index (χ4n) is 2.47. The molecule has 0 unspecified atom stereocenters. The number of methoxy groups -OCH3 is 1. The van der Waals surface area contributed by atoms with Gasteiger partial charge in [0, 0.05) is 16.7 Å². The molecule has 1 aromatic carbocycles. The maximum absolute atomic E-state index is 12.6. The lowest BCUT2D eigenvalue weighted by Gasteiger charge is -2.16. The number of nitrogens with zero attached hydrogens (tertiary/aromatic N) is 1. The Morgan fingerprint density at radius 2 is 2.05 bits per heavy atom. The highest BCUT2D eigenvalue weighted by molar-refractivity contribution is 9.10. The van der Waals surface area contributed by atoms with E-state index in [1.165, 1.54) is 7.11 Å². The molecule has 1 aliphatic rings. The summed E-state index contributed by atoms with van der Waals surface area (Å²) in [6.07, 6.45) is 2.55. The number of carbonyl (C=O) groups excluding carboxylic acids is 2. The normalized spacial score (nSPS) is 16.6. The van der Waals surface area contributed by atoms with Crippen LogP contribution >= 0.6 is 15.9 Å². The van der Waals surface area contributed by atoms with Crippen LogP contribution in [0.4, 0.5) is 0 Å². The Labute approximate surface area is 138 Å². The Hall–Kier alpha value is -1.88. The number of benzene rings is 1. The lowest BCUT2D eigenvalue weighted by atomic mass is 10.0. The average Bonchev–Trinajstić information content (AvgIpc) is 2.74. The first-order valence-electron chi connectivity index (χ1n) is 7.08. The van der Waals surface area contributed by atoms with E-state index in [1.54, 1.807) is 17.9 Å². The Morgan fingerprint density at radius 3 is 2.64 bits per heavy atom. The molecule has 22 heavy (non-hydrogen) atoms. The Morgan fingerprint density at radius 1 is 1.36 bits per heavy atom. The first-order chi connectivity index (χ1) is 10.5. The topological polar surface area (TPSA) is 46.6 Å². The smallest absolute Gasteiger partial charge is 0.340 e. The zero-order valence-corrected chi connectivity index (χ0v) is 14.4. The molecule has 4 nitrogen and oxygen atoms in total. The van der Waals surface area contributed by atoms with E-state index >= 15 is 0 Å². The minimum atomic E-state index is -0.484. The molecule has 0 spiro atoms. The second kappa shape index (κ2) is 6.92. The van der Waals surface area contributed by atoms with E-state index in [0.29, 0.717) is 23.4 Å². The van der Waals surface area contributed by atoms with E-state index in [2.05, 4.69) is 15.9 Å². The van der Waals surface area contributed by atoms with Gasteiger partial charge in [-0.2, -0.15) is 0 Å². The van der Waals surface area contributed by atoms with Crippen LogP contribution in [0.3, 0.4) is 0 Å². The summed E-state index contributed by atoms with van der Waals surface area (Å²) in [6, 6.07) is 7.56. The van der Waals surface area contributed by atoms with Crippen LogP contribution < -0.4 is 0 Å². The molecule has 2 rings (SSSR count). The zero-order valence-electron chi connectivity index (χ0n) is 12.9. The summed E-state index contributed by atoms with van der Waals surface area (Å²) in [5.41, 5.74) is 2.22. The molecule has 1 amide bonds. The van der Waals surface area contributed by atoms with Gasteiger partial charge in [-0.3, -0.25) is 4.79 Å². The van der Waals surface area contributed by atoms with Crippen molar-refractivity contribution < 1.29 is 14.3 Å². The number of ether oxygens (including phenoxy) is 1. The van der Waals surface area contributed by atoms with Gasteiger partial charge in [0.2, 0.25) is 0 Å². The molecule has 0 N–H and O–H groups in total. The van der Waals surface area contributed by atoms with Crippen LogP contribution in [0.2, 0.25) is 0 Å². The van der Waals surface area contributed by atoms with Gasteiger partial charge in [-0.1, -0.05) is 41.1 Å². The van der Waals surface area contributed by atoms with Crippen LogP contribution in [0, 0.1) is 0 Å². The highest BCUT2D eigenvalue weighted by atomic mass is 79.9. The lowest BCUT2D eigenvalue weighted by Crippen LogP contribution is -2.25. The number of allylic oxidation sites excluding steroid dienone is 1. The van der Waals surface area contributed by atoms with E-state index < -0.39 is 5.97 Å². The van der Waals surface area contributed by atoms with Crippen LogP contribution in [-0.2, 0) is 14.3 Å². The monoisotopic (exact) mass is 363 g/mol. The standard InChI is InChI=1S/C17H18BrNO3/c1-4-9-19-11(2)15(17(21)22-3)13(16(19)20)10-12-7-5-6-8-14(12)18/h5-8,10H,4,9H2,1-3H3/b13-10-. The number of carbonyl (C=O) groups is 2. The predicted molar refractivity (Wildman–Crippen MR) is 88.8 cm³/mol. The summed E-state index contributed by atoms with van der Waals surface area (Å²) in [5, 5.41) is 0. The van der Waals surface area contributed by atoms with Gasteiger partial charge >= 0.3 is 5.97 Å². The molecule has 0 saturated heterocycles. The van der Waals surface area contributed by atoms with Crippen molar-refractivity contribution in [2.75, 3.05) is 13.7 Å². The van der Waals surface area contributed by atoms with Crippen molar-refractivity contribution in [1.29, 1.82) is 0 Å². The van der Waals surface area contributed by atoms with Gasteiger partial charge < -0.3 is 9.64 Å². The first kappa shape index (κ1) is 16.5. The molecule has 0 fully saturated rings. The molecule has 0 radical (unpaired) electrons. The van der Waals surface area contributed by atoms with Gasteiger partial charge in [0.1, 0.15) is 0 Å². The van der Waals surface area contributed by atoms with E-state index in [9.17, 15) is 9.59 Å². The molecule has 0 saturated carbocycles. The molecule has 1 heterocycles. The molecule has 116 valence electrons. The maximum Gasteiger partial charge on any atom is 0.340 e. The summed E-state index contributed by atoms with van der Waals surface area (Å²) >= 11 is 3.46. The Bertz CT molecular complexity index is 676. The summed E-state index contributed by atoms with van der Waals surface area (Å²) < 4.78 is 5.72. The average molecular weight is 364 g/mol. The molecule has 0 bridgehead atoms. The zero-order chi connectivity index (χ0) is 16.3. The second-order valence-electron chi connectivity index (χ2n) is 4.99. The Kier molecular flexibility index (Phi) is 5.19. The molecular weight excluding hydrogens is 346 g/mol. The molecule has 5 heteroatoms. The third-order valence-electron chi connectivity index (χ3n) is 3.55. The van der Waals surface area contributed by atoms with Crippen molar-refractivity contribution >= 4 is 33.9 Å². The fourth-order valence-corrected chi connectivity index (χ4v) is 2.87. The summed E-state index contributed by atoms with van der Waals surface area (Å²) in [5.74, 6) is -0.641. The van der Waals surface area contributed by atoms with Crippen molar-refractivity contribution in [3.63, 3.8) is 0 Å². The van der Waals surface area contributed by atoms with Crippen molar-refractivity contribution in [1.82, 2.24) is 4.90 Å². The third kappa shape index (κ3) is 2.99. The van der Waals surface area contributed by atoms with E-state index in [-0.39, 0.29) is 5.91 Å².